The van der Waals surface area contributed by atoms with Crippen LogP contribution in [0.2, 0.25) is 0 Å². The van der Waals surface area contributed by atoms with E-state index in [1.165, 1.54) is 44.5 Å². The molecule has 5 heteroatoms. The number of benzene rings is 9. The molecule has 5 nitrogen and oxygen atoms in total. The van der Waals surface area contributed by atoms with Crippen molar-refractivity contribution in [2.24, 2.45) is 0 Å². The highest BCUT2D eigenvalue weighted by Gasteiger charge is 2.46. The van der Waals surface area contributed by atoms with E-state index >= 15 is 0 Å². The lowest BCUT2D eigenvalue weighted by Gasteiger charge is -2.40. The molecule has 0 bridgehead atoms. The van der Waals surface area contributed by atoms with Gasteiger partial charge in [-0.15, -0.1) is 0 Å². The molecule has 1 fully saturated rings. The van der Waals surface area contributed by atoms with E-state index in [2.05, 4.69) is 258 Å². The molecule has 328 valence electrons. The van der Waals surface area contributed by atoms with Crippen molar-refractivity contribution >= 4 is 21.7 Å². The lowest BCUT2D eigenvalue weighted by Crippen LogP contribution is -2.54. The smallest absolute Gasteiger partial charge is 0.0865 e. The molecule has 2 atom stereocenters. The van der Waals surface area contributed by atoms with Gasteiger partial charge in [0.2, 0.25) is 0 Å². The molecule has 69 heavy (non-hydrogen) atoms. The number of hydrogen-bond acceptors (Lipinski definition) is 5. The second kappa shape index (κ2) is 17.1. The quantitative estimate of drug-likeness (QED) is 0.133. The van der Waals surface area contributed by atoms with Gasteiger partial charge in [0.1, 0.15) is 0 Å². The molecule has 2 aromatic heterocycles. The molecule has 0 spiro atoms. The van der Waals surface area contributed by atoms with Crippen LogP contribution in [-0.4, -0.2) is 9.97 Å². The number of aromatic nitrogens is 2. The minimum absolute atomic E-state index is 0.108. The average Bonchev–Trinajstić information content (AvgIpc) is 3.74. The Morgan fingerprint density at radius 2 is 0.870 bits per heavy atom. The molecule has 9 aromatic carbocycles. The highest BCUT2D eigenvalue weighted by atomic mass is 15.4. The second-order valence-corrected chi connectivity index (χ2v) is 18.2. The van der Waals surface area contributed by atoms with E-state index in [0.717, 1.165) is 60.8 Å². The third kappa shape index (κ3) is 7.06. The van der Waals surface area contributed by atoms with E-state index in [4.69, 9.17) is 4.98 Å². The van der Waals surface area contributed by atoms with Crippen molar-refractivity contribution in [3.8, 4) is 44.6 Å². The fourth-order valence-corrected chi connectivity index (χ4v) is 11.1. The maximum Gasteiger partial charge on any atom is 0.0865 e. The van der Waals surface area contributed by atoms with Gasteiger partial charge in [-0.3, -0.25) is 20.9 Å². The van der Waals surface area contributed by atoms with Gasteiger partial charge in [-0.05, 0) is 114 Å². The first-order chi connectivity index (χ1) is 34.2. The normalized spacial score (nSPS) is 17.1. The molecule has 0 radical (unpaired) electrons. The van der Waals surface area contributed by atoms with Gasteiger partial charge in [0.05, 0.1) is 35.1 Å². The molecule has 11 aromatic rings. The number of rotatable bonds is 8. The van der Waals surface area contributed by atoms with Crippen molar-refractivity contribution in [2.75, 3.05) is 0 Å². The summed E-state index contributed by atoms with van der Waals surface area (Å²) in [4.78, 5) is 9.74. The van der Waals surface area contributed by atoms with Gasteiger partial charge >= 0.3 is 0 Å². The predicted molar refractivity (Wildman–Crippen MR) is 281 cm³/mol. The first-order valence-corrected chi connectivity index (χ1v) is 23.8. The number of nitrogens with one attached hydrogen (secondary N) is 3. The van der Waals surface area contributed by atoms with Crippen LogP contribution >= 0.6 is 0 Å². The molecule has 3 heterocycles. The summed E-state index contributed by atoms with van der Waals surface area (Å²) in [5.41, 5.74) is 18.1. The first kappa shape index (κ1) is 40.9. The summed E-state index contributed by atoms with van der Waals surface area (Å²) >= 11 is 0. The molecule has 2 aliphatic rings. The summed E-state index contributed by atoms with van der Waals surface area (Å²) < 4.78 is 0. The fourth-order valence-electron chi connectivity index (χ4n) is 11.1. The van der Waals surface area contributed by atoms with Gasteiger partial charge in [0.25, 0.3) is 0 Å². The molecule has 1 aliphatic carbocycles. The zero-order chi connectivity index (χ0) is 45.7. The van der Waals surface area contributed by atoms with Gasteiger partial charge in [-0.2, -0.15) is 0 Å². The SMILES string of the molecule is c1ccc(C2NC(c3ccccc3)NC(c3cc(-c4ccc(-c5nc6ccccc6c6ccncc56)cc4)cc(-c4ccc5c(c4)C(c4ccccc4)(c4ccccc4)c4ccccc4-5)c3)N2)cc1. The van der Waals surface area contributed by atoms with Crippen LogP contribution in [0.15, 0.2) is 249 Å². The summed E-state index contributed by atoms with van der Waals surface area (Å²) in [6, 6.07) is 86.0. The molecule has 0 saturated carbocycles. The van der Waals surface area contributed by atoms with Crippen molar-refractivity contribution in [2.45, 2.75) is 23.9 Å². The Labute approximate surface area is 402 Å². The maximum atomic E-state index is 5.21. The minimum Gasteiger partial charge on any atom is -0.279 e. The van der Waals surface area contributed by atoms with Crippen LogP contribution in [0.3, 0.4) is 0 Å². The number of hydrogen-bond donors (Lipinski definition) is 3. The molecule has 13 rings (SSSR count). The summed E-state index contributed by atoms with van der Waals surface area (Å²) in [5.74, 6) is 0. The van der Waals surface area contributed by atoms with Crippen LogP contribution in [0.5, 0.6) is 0 Å². The van der Waals surface area contributed by atoms with Crippen molar-refractivity contribution < 1.29 is 0 Å². The second-order valence-electron chi connectivity index (χ2n) is 18.2. The predicted octanol–water partition coefficient (Wildman–Crippen LogP) is 14.3. The maximum absolute atomic E-state index is 5.21. The van der Waals surface area contributed by atoms with Crippen molar-refractivity contribution in [1.82, 2.24) is 25.9 Å². The summed E-state index contributed by atoms with van der Waals surface area (Å²) in [7, 11) is 0. The van der Waals surface area contributed by atoms with Crippen LogP contribution in [-0.2, 0) is 5.41 Å². The van der Waals surface area contributed by atoms with E-state index in [9.17, 15) is 0 Å². The molecule has 3 N–H and O–H groups in total. The summed E-state index contributed by atoms with van der Waals surface area (Å²) in [6.07, 6.45) is 3.39. The zero-order valence-electron chi connectivity index (χ0n) is 37.8. The van der Waals surface area contributed by atoms with Crippen molar-refractivity contribution in [1.29, 1.82) is 0 Å². The Balaban J connectivity index is 0.987. The number of fused-ring (bicyclic) bond motifs is 6. The number of para-hydroxylation sites is 1. The Bertz CT molecular complexity index is 3570. The fraction of sp³-hybridized carbons (Fsp3) is 0.0625. The lowest BCUT2D eigenvalue weighted by molar-refractivity contribution is 0.203. The Kier molecular flexibility index (Phi) is 10.1. The van der Waals surface area contributed by atoms with Gasteiger partial charge in [0.15, 0.2) is 0 Å². The summed E-state index contributed by atoms with van der Waals surface area (Å²) in [5, 5.41) is 15.1. The molecule has 1 aliphatic heterocycles. The highest BCUT2D eigenvalue weighted by Crippen LogP contribution is 2.57. The van der Waals surface area contributed by atoms with Gasteiger partial charge in [-0.1, -0.05) is 200 Å². The number of pyridine rings is 2. The zero-order valence-corrected chi connectivity index (χ0v) is 37.8. The van der Waals surface area contributed by atoms with Crippen LogP contribution in [0.4, 0.5) is 0 Å². The lowest BCUT2D eigenvalue weighted by atomic mass is 9.67. The van der Waals surface area contributed by atoms with Gasteiger partial charge < -0.3 is 0 Å². The summed E-state index contributed by atoms with van der Waals surface area (Å²) in [6.45, 7) is 0. The Hall–Kier alpha value is -8.32. The van der Waals surface area contributed by atoms with E-state index < -0.39 is 5.41 Å². The van der Waals surface area contributed by atoms with E-state index in [1.807, 2.05) is 12.4 Å². The molecule has 1 saturated heterocycles. The Morgan fingerprint density at radius 1 is 0.348 bits per heavy atom. The van der Waals surface area contributed by atoms with E-state index in [-0.39, 0.29) is 18.5 Å². The van der Waals surface area contributed by atoms with E-state index in [0.29, 0.717) is 0 Å². The highest BCUT2D eigenvalue weighted by molar-refractivity contribution is 6.10. The Morgan fingerprint density at radius 3 is 1.54 bits per heavy atom. The molecule has 2 unspecified atom stereocenters. The van der Waals surface area contributed by atoms with Gasteiger partial charge in [0, 0.05) is 28.7 Å². The van der Waals surface area contributed by atoms with Crippen molar-refractivity contribution in [3.05, 3.63) is 288 Å². The monoisotopic (exact) mass is 885 g/mol. The van der Waals surface area contributed by atoms with Crippen LogP contribution in [0.25, 0.3) is 66.3 Å². The minimum atomic E-state index is -0.513. The molecule has 0 amide bonds. The average molecular weight is 886 g/mol. The molecular formula is C64H47N5. The van der Waals surface area contributed by atoms with Crippen molar-refractivity contribution in [3.63, 3.8) is 0 Å². The van der Waals surface area contributed by atoms with E-state index in [1.54, 1.807) is 0 Å². The number of nitrogens with zero attached hydrogens (tertiary/aromatic N) is 2. The topological polar surface area (TPSA) is 61.9 Å². The van der Waals surface area contributed by atoms with Crippen LogP contribution < -0.4 is 16.0 Å². The third-order valence-corrected chi connectivity index (χ3v) is 14.3. The molecular weight excluding hydrogens is 839 g/mol. The van der Waals surface area contributed by atoms with Crippen LogP contribution in [0, 0.1) is 0 Å². The standard InChI is InChI=1S/C64H47N5/c1-5-17-44(18-6-1)61-67-62(45-19-7-2-8-20-45)69-63(68-61)49-38-47(42-29-31-43(32-30-42)60-56-41-65-36-35-52(56)55-26-14-16-28-59(55)66-60)37-48(39-49)46-33-34-54-53-25-13-15-27-57(53)64(58(54)40-46,50-21-9-3-10-22-50)51-23-11-4-12-24-51/h1-41,61-63,67-69H. The largest absolute Gasteiger partial charge is 0.279 e. The van der Waals surface area contributed by atoms with Crippen LogP contribution in [0.1, 0.15) is 57.4 Å². The first-order valence-electron chi connectivity index (χ1n) is 23.8. The third-order valence-electron chi connectivity index (χ3n) is 14.3. The van der Waals surface area contributed by atoms with Gasteiger partial charge in [-0.25, -0.2) is 4.98 Å².